The molecule has 16 heavy (non-hydrogen) atoms. The summed E-state index contributed by atoms with van der Waals surface area (Å²) in [5, 5.41) is 0. The molecule has 0 aliphatic rings. The Morgan fingerprint density at radius 1 is 0.688 bits per heavy atom. The smallest absolute Gasteiger partial charge is 0.0466 e. The monoisotopic (exact) mass is 246 g/mol. The molecule has 2 heteroatoms. The second kappa shape index (κ2) is 15.3. The lowest BCUT2D eigenvalue weighted by molar-refractivity contribution is 0.126. The molecule has 0 radical (unpaired) electrons. The van der Waals surface area contributed by atoms with E-state index in [1.807, 2.05) is 0 Å². The molecule has 0 spiro atoms. The Labute approximate surface area is 108 Å². The molecule has 0 saturated heterocycles. The summed E-state index contributed by atoms with van der Waals surface area (Å²) in [5.41, 5.74) is 0. The van der Waals surface area contributed by atoms with E-state index >= 15 is 0 Å². The molecule has 0 aromatic rings. The lowest BCUT2D eigenvalue weighted by atomic mass is 10.1. The first-order valence-electron chi connectivity index (χ1n) is 7.10. The van der Waals surface area contributed by atoms with E-state index in [2.05, 4.69) is 19.6 Å². The van der Waals surface area contributed by atoms with Crippen LogP contribution in [-0.2, 0) is 4.74 Å². The number of hydrogen-bond acceptors (Lipinski definition) is 2. The summed E-state index contributed by atoms with van der Waals surface area (Å²) < 4.78 is 5.60. The van der Waals surface area contributed by atoms with Crippen molar-refractivity contribution >= 4 is 12.6 Å². The Hall–Kier alpha value is 0.310. The third-order valence-electron chi connectivity index (χ3n) is 2.84. The van der Waals surface area contributed by atoms with Crippen molar-refractivity contribution in [2.75, 3.05) is 19.0 Å². The van der Waals surface area contributed by atoms with E-state index in [1.165, 1.54) is 64.2 Å². The van der Waals surface area contributed by atoms with Crippen LogP contribution >= 0.6 is 12.6 Å². The average Bonchev–Trinajstić information content (AvgIpc) is 2.31. The lowest BCUT2D eigenvalue weighted by Crippen LogP contribution is -1.97. The first kappa shape index (κ1) is 16.3. The highest BCUT2D eigenvalue weighted by Crippen LogP contribution is 2.05. The van der Waals surface area contributed by atoms with E-state index in [0.29, 0.717) is 0 Å². The van der Waals surface area contributed by atoms with E-state index in [4.69, 9.17) is 4.74 Å². The van der Waals surface area contributed by atoms with Gasteiger partial charge in [-0.3, -0.25) is 0 Å². The van der Waals surface area contributed by atoms with Crippen LogP contribution in [0.2, 0.25) is 0 Å². The number of unbranched alkanes of at least 4 members (excludes halogenated alkanes) is 8. The SMILES string of the molecule is CCCCCCCCOCCCCCCS. The van der Waals surface area contributed by atoms with Gasteiger partial charge in [0.2, 0.25) is 0 Å². The summed E-state index contributed by atoms with van der Waals surface area (Å²) in [4.78, 5) is 0. The van der Waals surface area contributed by atoms with Gasteiger partial charge >= 0.3 is 0 Å². The minimum atomic E-state index is 0.960. The van der Waals surface area contributed by atoms with Gasteiger partial charge < -0.3 is 4.74 Å². The summed E-state index contributed by atoms with van der Waals surface area (Å²) in [5.74, 6) is 1.03. The fraction of sp³-hybridized carbons (Fsp3) is 1.00. The molecule has 0 saturated carbocycles. The van der Waals surface area contributed by atoms with Gasteiger partial charge in [-0.2, -0.15) is 12.6 Å². The van der Waals surface area contributed by atoms with Crippen molar-refractivity contribution in [2.45, 2.75) is 71.1 Å². The Morgan fingerprint density at radius 2 is 1.19 bits per heavy atom. The molecule has 0 aliphatic carbocycles. The molecule has 0 bridgehead atoms. The van der Waals surface area contributed by atoms with Crippen molar-refractivity contribution in [3.63, 3.8) is 0 Å². The largest absolute Gasteiger partial charge is 0.381 e. The molecular weight excluding hydrogens is 216 g/mol. The van der Waals surface area contributed by atoms with Gasteiger partial charge in [-0.15, -0.1) is 0 Å². The molecule has 0 rings (SSSR count). The Bertz CT molecular complexity index is 103. The van der Waals surface area contributed by atoms with Crippen molar-refractivity contribution in [3.05, 3.63) is 0 Å². The van der Waals surface area contributed by atoms with Gasteiger partial charge in [0.25, 0.3) is 0 Å². The van der Waals surface area contributed by atoms with Gasteiger partial charge in [0.05, 0.1) is 0 Å². The van der Waals surface area contributed by atoms with Gasteiger partial charge in [0.15, 0.2) is 0 Å². The highest BCUT2D eigenvalue weighted by Gasteiger charge is 1.92. The summed E-state index contributed by atoms with van der Waals surface area (Å²) in [7, 11) is 0. The zero-order valence-electron chi connectivity index (χ0n) is 11.0. The second-order valence-electron chi connectivity index (χ2n) is 4.52. The topological polar surface area (TPSA) is 9.23 Å². The van der Waals surface area contributed by atoms with E-state index in [0.717, 1.165) is 19.0 Å². The first-order chi connectivity index (χ1) is 7.91. The van der Waals surface area contributed by atoms with Crippen molar-refractivity contribution in [1.29, 1.82) is 0 Å². The summed E-state index contributed by atoms with van der Waals surface area (Å²) in [6.45, 7) is 4.19. The maximum Gasteiger partial charge on any atom is 0.0466 e. The fourth-order valence-electron chi connectivity index (χ4n) is 1.76. The van der Waals surface area contributed by atoms with E-state index < -0.39 is 0 Å². The number of ether oxygens (including phenoxy) is 1. The Morgan fingerprint density at radius 3 is 1.75 bits per heavy atom. The Balaban J connectivity index is 2.83. The molecule has 0 heterocycles. The van der Waals surface area contributed by atoms with Crippen molar-refractivity contribution in [3.8, 4) is 0 Å². The average molecular weight is 246 g/mol. The van der Waals surface area contributed by atoms with Crippen LogP contribution in [0.1, 0.15) is 71.1 Å². The number of hydrogen-bond donors (Lipinski definition) is 1. The van der Waals surface area contributed by atoms with Crippen molar-refractivity contribution < 1.29 is 4.74 Å². The third kappa shape index (κ3) is 14.3. The summed E-state index contributed by atoms with van der Waals surface area (Å²) in [6, 6.07) is 0. The van der Waals surface area contributed by atoms with Crippen molar-refractivity contribution in [2.24, 2.45) is 0 Å². The predicted molar refractivity (Wildman–Crippen MR) is 76.5 cm³/mol. The highest BCUT2D eigenvalue weighted by molar-refractivity contribution is 7.80. The molecule has 0 aromatic carbocycles. The maximum atomic E-state index is 5.60. The van der Waals surface area contributed by atoms with Crippen LogP contribution in [0.25, 0.3) is 0 Å². The standard InChI is InChI=1S/C14H30OS/c1-2-3-4-5-6-9-12-15-13-10-7-8-11-14-16/h16H,2-14H2,1H3. The highest BCUT2D eigenvalue weighted by atomic mass is 32.1. The number of thiol groups is 1. The minimum absolute atomic E-state index is 0.960. The summed E-state index contributed by atoms with van der Waals surface area (Å²) in [6.07, 6.45) is 13.2. The van der Waals surface area contributed by atoms with Crippen molar-refractivity contribution in [1.82, 2.24) is 0 Å². The molecule has 0 N–H and O–H groups in total. The molecule has 0 aliphatic heterocycles. The zero-order chi connectivity index (χ0) is 11.9. The van der Waals surface area contributed by atoms with Gasteiger partial charge in [-0.05, 0) is 25.0 Å². The predicted octanol–water partition coefficient (Wildman–Crippen LogP) is 4.85. The van der Waals surface area contributed by atoms with Crippen LogP contribution in [0.4, 0.5) is 0 Å². The van der Waals surface area contributed by atoms with Crippen LogP contribution in [0.15, 0.2) is 0 Å². The van der Waals surface area contributed by atoms with Gasteiger partial charge in [0.1, 0.15) is 0 Å². The molecule has 98 valence electrons. The quantitative estimate of drug-likeness (QED) is 0.361. The Kier molecular flexibility index (Phi) is 15.6. The fourth-order valence-corrected chi connectivity index (χ4v) is 1.98. The van der Waals surface area contributed by atoms with E-state index in [1.54, 1.807) is 0 Å². The van der Waals surface area contributed by atoms with E-state index in [9.17, 15) is 0 Å². The molecule has 0 unspecified atom stereocenters. The molecule has 0 aromatic heterocycles. The van der Waals surface area contributed by atoms with Crippen LogP contribution in [0.5, 0.6) is 0 Å². The van der Waals surface area contributed by atoms with Gasteiger partial charge in [-0.25, -0.2) is 0 Å². The van der Waals surface area contributed by atoms with Crippen LogP contribution in [0.3, 0.4) is 0 Å². The van der Waals surface area contributed by atoms with Crippen LogP contribution in [-0.4, -0.2) is 19.0 Å². The third-order valence-corrected chi connectivity index (χ3v) is 3.16. The maximum absolute atomic E-state index is 5.60. The first-order valence-corrected chi connectivity index (χ1v) is 7.73. The molecular formula is C14H30OS. The summed E-state index contributed by atoms with van der Waals surface area (Å²) >= 11 is 4.20. The second-order valence-corrected chi connectivity index (χ2v) is 4.97. The van der Waals surface area contributed by atoms with Crippen LogP contribution < -0.4 is 0 Å². The minimum Gasteiger partial charge on any atom is -0.381 e. The molecule has 0 amide bonds. The molecule has 0 fully saturated rings. The van der Waals surface area contributed by atoms with Gasteiger partial charge in [-0.1, -0.05) is 51.9 Å². The molecule has 0 atom stereocenters. The molecule has 1 nitrogen and oxygen atoms in total. The van der Waals surface area contributed by atoms with E-state index in [-0.39, 0.29) is 0 Å². The number of rotatable bonds is 13. The zero-order valence-corrected chi connectivity index (χ0v) is 11.9. The lowest BCUT2D eigenvalue weighted by Gasteiger charge is -2.04. The van der Waals surface area contributed by atoms with Crippen LogP contribution in [0, 0.1) is 0 Å². The normalized spacial score (nSPS) is 10.9. The van der Waals surface area contributed by atoms with Gasteiger partial charge in [0, 0.05) is 13.2 Å².